The van der Waals surface area contributed by atoms with Crippen molar-refractivity contribution in [2.24, 2.45) is 5.92 Å². The molecular weight excluding hydrogens is 251 g/mol. The summed E-state index contributed by atoms with van der Waals surface area (Å²) in [6, 6.07) is 17.1. The average molecular weight is 270 g/mol. The highest BCUT2D eigenvalue weighted by Crippen LogP contribution is 2.24. The maximum atomic E-state index is 12.9. The van der Waals surface area contributed by atoms with Crippen molar-refractivity contribution in [1.29, 1.82) is 0 Å². The van der Waals surface area contributed by atoms with Gasteiger partial charge < -0.3 is 10.2 Å². The first-order valence-electron chi connectivity index (χ1n) is 7.11. The summed E-state index contributed by atoms with van der Waals surface area (Å²) in [5.41, 5.74) is 2.29. The predicted octanol–water partition coefficient (Wildman–Crippen LogP) is 3.76. The first kappa shape index (κ1) is 13.0. The van der Waals surface area contributed by atoms with Gasteiger partial charge in [-0.05, 0) is 48.7 Å². The number of nitrogens with zero attached hydrogens (tertiary/aromatic N) is 1. The molecule has 104 valence electrons. The van der Waals surface area contributed by atoms with Gasteiger partial charge in [0.25, 0.3) is 0 Å². The van der Waals surface area contributed by atoms with Crippen molar-refractivity contribution in [3.05, 3.63) is 60.4 Å². The Labute approximate surface area is 119 Å². The highest BCUT2D eigenvalue weighted by Gasteiger charge is 2.22. The topological polar surface area (TPSA) is 15.3 Å². The van der Waals surface area contributed by atoms with E-state index in [1.54, 1.807) is 0 Å². The van der Waals surface area contributed by atoms with Gasteiger partial charge in [0.2, 0.25) is 0 Å². The Balaban J connectivity index is 1.53. The average Bonchev–Trinajstić information content (AvgIpc) is 2.96. The molecule has 1 heterocycles. The van der Waals surface area contributed by atoms with E-state index in [9.17, 15) is 4.39 Å². The highest BCUT2D eigenvalue weighted by molar-refractivity contribution is 5.47. The van der Waals surface area contributed by atoms with Crippen molar-refractivity contribution in [3.8, 4) is 0 Å². The van der Waals surface area contributed by atoms with Gasteiger partial charge in [-0.1, -0.05) is 18.2 Å². The zero-order chi connectivity index (χ0) is 13.8. The van der Waals surface area contributed by atoms with E-state index in [-0.39, 0.29) is 5.82 Å². The van der Waals surface area contributed by atoms with Crippen LogP contribution < -0.4 is 10.2 Å². The lowest BCUT2D eigenvalue weighted by atomic mass is 10.1. The van der Waals surface area contributed by atoms with Gasteiger partial charge in [-0.3, -0.25) is 0 Å². The Hall–Kier alpha value is -2.03. The molecule has 0 spiro atoms. The Morgan fingerprint density at radius 3 is 2.55 bits per heavy atom. The van der Waals surface area contributed by atoms with Gasteiger partial charge in [0.15, 0.2) is 0 Å². The molecule has 1 N–H and O–H groups in total. The maximum absolute atomic E-state index is 12.9. The Kier molecular flexibility index (Phi) is 3.86. The van der Waals surface area contributed by atoms with Crippen LogP contribution in [0.2, 0.25) is 0 Å². The second kappa shape index (κ2) is 5.95. The van der Waals surface area contributed by atoms with E-state index in [1.807, 2.05) is 30.3 Å². The van der Waals surface area contributed by atoms with Crippen LogP contribution in [0.5, 0.6) is 0 Å². The molecule has 1 atom stereocenters. The molecule has 3 rings (SSSR count). The number of nitrogens with one attached hydrogen (secondary N) is 1. The molecule has 2 nitrogen and oxygen atoms in total. The fraction of sp³-hybridized carbons (Fsp3) is 0.294. The summed E-state index contributed by atoms with van der Waals surface area (Å²) >= 11 is 0. The molecule has 1 fully saturated rings. The summed E-state index contributed by atoms with van der Waals surface area (Å²) in [5, 5.41) is 3.48. The fourth-order valence-corrected chi connectivity index (χ4v) is 2.70. The van der Waals surface area contributed by atoms with Crippen LogP contribution in [-0.4, -0.2) is 19.6 Å². The molecule has 0 radical (unpaired) electrons. The van der Waals surface area contributed by atoms with Gasteiger partial charge in [0.1, 0.15) is 5.82 Å². The molecule has 0 amide bonds. The number of anilines is 2. The Morgan fingerprint density at radius 1 is 1.05 bits per heavy atom. The van der Waals surface area contributed by atoms with Gasteiger partial charge in [0.05, 0.1) is 0 Å². The molecular formula is C17H19FN2. The molecule has 0 aromatic heterocycles. The zero-order valence-corrected chi connectivity index (χ0v) is 11.4. The van der Waals surface area contributed by atoms with Crippen LogP contribution in [0.1, 0.15) is 6.42 Å². The molecule has 0 saturated carbocycles. The van der Waals surface area contributed by atoms with Gasteiger partial charge in [-0.15, -0.1) is 0 Å². The summed E-state index contributed by atoms with van der Waals surface area (Å²) in [5.74, 6) is 0.468. The number of benzene rings is 2. The van der Waals surface area contributed by atoms with Crippen LogP contribution in [0, 0.1) is 11.7 Å². The summed E-state index contributed by atoms with van der Waals surface area (Å²) in [6.07, 6.45) is 1.18. The van der Waals surface area contributed by atoms with E-state index in [1.165, 1.54) is 24.2 Å². The predicted molar refractivity (Wildman–Crippen MR) is 81.7 cm³/mol. The van der Waals surface area contributed by atoms with Crippen molar-refractivity contribution >= 4 is 11.4 Å². The molecule has 1 aliphatic heterocycles. The third kappa shape index (κ3) is 3.10. The third-order valence-electron chi connectivity index (χ3n) is 3.85. The van der Waals surface area contributed by atoms with Crippen molar-refractivity contribution in [3.63, 3.8) is 0 Å². The molecule has 0 aliphatic carbocycles. The molecule has 0 bridgehead atoms. The van der Waals surface area contributed by atoms with Gasteiger partial charge in [-0.25, -0.2) is 4.39 Å². The zero-order valence-electron chi connectivity index (χ0n) is 11.4. The molecule has 1 unspecified atom stereocenters. The van der Waals surface area contributed by atoms with Gasteiger partial charge in [-0.2, -0.15) is 0 Å². The number of hydrogen-bond acceptors (Lipinski definition) is 2. The van der Waals surface area contributed by atoms with Crippen LogP contribution in [0.3, 0.4) is 0 Å². The quantitative estimate of drug-likeness (QED) is 0.910. The number of hydrogen-bond donors (Lipinski definition) is 1. The van der Waals surface area contributed by atoms with Crippen LogP contribution >= 0.6 is 0 Å². The van der Waals surface area contributed by atoms with Crippen LogP contribution in [0.25, 0.3) is 0 Å². The maximum Gasteiger partial charge on any atom is 0.123 e. The Bertz CT molecular complexity index is 539. The van der Waals surface area contributed by atoms with E-state index >= 15 is 0 Å². The summed E-state index contributed by atoms with van der Waals surface area (Å²) in [7, 11) is 0. The minimum absolute atomic E-state index is 0.171. The third-order valence-corrected chi connectivity index (χ3v) is 3.85. The van der Waals surface area contributed by atoms with Crippen LogP contribution in [0.15, 0.2) is 54.6 Å². The summed E-state index contributed by atoms with van der Waals surface area (Å²) < 4.78 is 12.9. The minimum atomic E-state index is -0.171. The monoisotopic (exact) mass is 270 g/mol. The van der Waals surface area contributed by atoms with E-state index in [0.717, 1.165) is 25.3 Å². The lowest BCUT2D eigenvalue weighted by molar-refractivity contribution is 0.621. The first-order chi connectivity index (χ1) is 9.81. The SMILES string of the molecule is Fc1ccc(N2CCC(CNc3ccccc3)C2)cc1. The van der Waals surface area contributed by atoms with E-state index in [4.69, 9.17) is 0 Å². The molecule has 1 aliphatic rings. The van der Waals surface area contributed by atoms with Crippen molar-refractivity contribution < 1.29 is 4.39 Å². The first-order valence-corrected chi connectivity index (χ1v) is 7.11. The lowest BCUT2D eigenvalue weighted by Crippen LogP contribution is -2.22. The summed E-state index contributed by atoms with van der Waals surface area (Å²) in [4.78, 5) is 2.33. The molecule has 1 saturated heterocycles. The number of rotatable bonds is 4. The van der Waals surface area contributed by atoms with Gasteiger partial charge >= 0.3 is 0 Å². The second-order valence-corrected chi connectivity index (χ2v) is 5.32. The normalized spacial score (nSPS) is 18.2. The van der Waals surface area contributed by atoms with E-state index < -0.39 is 0 Å². The molecule has 2 aromatic carbocycles. The van der Waals surface area contributed by atoms with Gasteiger partial charge in [0, 0.05) is 31.0 Å². The largest absolute Gasteiger partial charge is 0.385 e. The number of para-hydroxylation sites is 1. The lowest BCUT2D eigenvalue weighted by Gasteiger charge is -2.19. The van der Waals surface area contributed by atoms with Crippen LogP contribution in [0.4, 0.5) is 15.8 Å². The van der Waals surface area contributed by atoms with Crippen molar-refractivity contribution in [1.82, 2.24) is 0 Å². The van der Waals surface area contributed by atoms with Crippen molar-refractivity contribution in [2.45, 2.75) is 6.42 Å². The second-order valence-electron chi connectivity index (χ2n) is 5.32. The minimum Gasteiger partial charge on any atom is -0.385 e. The van der Waals surface area contributed by atoms with Crippen molar-refractivity contribution in [2.75, 3.05) is 29.9 Å². The van der Waals surface area contributed by atoms with E-state index in [0.29, 0.717) is 5.92 Å². The standard InChI is InChI=1S/C17H19FN2/c18-15-6-8-17(9-7-15)20-11-10-14(13-20)12-19-16-4-2-1-3-5-16/h1-9,14,19H,10-13H2. The van der Waals surface area contributed by atoms with E-state index in [2.05, 4.69) is 22.3 Å². The smallest absolute Gasteiger partial charge is 0.123 e. The molecule has 2 aromatic rings. The number of halogens is 1. The fourth-order valence-electron chi connectivity index (χ4n) is 2.70. The molecule has 3 heteroatoms. The van der Waals surface area contributed by atoms with Crippen LogP contribution in [-0.2, 0) is 0 Å². The summed E-state index contributed by atoms with van der Waals surface area (Å²) in [6.45, 7) is 3.07. The Morgan fingerprint density at radius 2 is 1.80 bits per heavy atom. The molecule has 20 heavy (non-hydrogen) atoms. The highest BCUT2D eigenvalue weighted by atomic mass is 19.1.